The van der Waals surface area contributed by atoms with E-state index in [1.54, 1.807) is 12.3 Å². The highest BCUT2D eigenvalue weighted by molar-refractivity contribution is 6.33. The Morgan fingerprint density at radius 2 is 2.04 bits per heavy atom. The first-order valence-electron chi connectivity index (χ1n) is 8.18. The van der Waals surface area contributed by atoms with Crippen LogP contribution in [0.4, 0.5) is 5.69 Å². The molecule has 4 rings (SSSR count). The van der Waals surface area contributed by atoms with Crippen LogP contribution >= 0.6 is 11.6 Å². The zero-order chi connectivity index (χ0) is 17.4. The third-order valence-electron chi connectivity index (χ3n) is 4.60. The molecule has 1 aliphatic rings. The van der Waals surface area contributed by atoms with Gasteiger partial charge in [0.05, 0.1) is 11.2 Å². The van der Waals surface area contributed by atoms with Crippen LogP contribution in [0.1, 0.15) is 16.7 Å². The fourth-order valence-electron chi connectivity index (χ4n) is 3.32. The van der Waals surface area contributed by atoms with E-state index >= 15 is 0 Å². The third kappa shape index (κ3) is 3.17. The fourth-order valence-corrected chi connectivity index (χ4v) is 3.59. The fraction of sp³-hybridized carbons (Fsp3) is 0.200. The Morgan fingerprint density at radius 3 is 2.80 bits per heavy atom. The molecule has 0 saturated carbocycles. The first-order chi connectivity index (χ1) is 12.1. The molecule has 0 fully saturated rings. The lowest BCUT2D eigenvalue weighted by atomic mass is 10.1. The van der Waals surface area contributed by atoms with E-state index < -0.39 is 0 Å². The SMILES string of the molecule is Cc1ccc2c(c1)CC(C(=O)Nc1ccc(-c3cnco3)c(Cl)c1)C2. The van der Waals surface area contributed by atoms with Crippen molar-refractivity contribution in [3.8, 4) is 11.3 Å². The molecule has 0 bridgehead atoms. The van der Waals surface area contributed by atoms with Crippen molar-refractivity contribution >= 4 is 23.2 Å². The third-order valence-corrected chi connectivity index (χ3v) is 4.91. The maximum atomic E-state index is 12.6. The van der Waals surface area contributed by atoms with Crippen molar-refractivity contribution in [1.82, 2.24) is 4.98 Å². The highest BCUT2D eigenvalue weighted by atomic mass is 35.5. The van der Waals surface area contributed by atoms with Gasteiger partial charge in [-0.15, -0.1) is 0 Å². The molecule has 1 heterocycles. The van der Waals surface area contributed by atoms with E-state index in [9.17, 15) is 4.79 Å². The molecule has 1 atom stereocenters. The lowest BCUT2D eigenvalue weighted by Crippen LogP contribution is -2.23. The molecule has 1 N–H and O–H groups in total. The number of carbonyl (C=O) groups excluding carboxylic acids is 1. The number of nitrogens with one attached hydrogen (secondary N) is 1. The summed E-state index contributed by atoms with van der Waals surface area (Å²) < 4.78 is 5.27. The van der Waals surface area contributed by atoms with Gasteiger partial charge >= 0.3 is 0 Å². The summed E-state index contributed by atoms with van der Waals surface area (Å²) in [6, 6.07) is 11.8. The predicted octanol–water partition coefficient (Wildman–Crippen LogP) is 4.66. The van der Waals surface area contributed by atoms with Crippen LogP contribution in [0.2, 0.25) is 5.02 Å². The summed E-state index contributed by atoms with van der Waals surface area (Å²) in [5.74, 6) is 0.589. The van der Waals surface area contributed by atoms with Gasteiger partial charge in [0.1, 0.15) is 0 Å². The molecule has 1 unspecified atom stereocenters. The van der Waals surface area contributed by atoms with Crippen LogP contribution < -0.4 is 5.32 Å². The van der Waals surface area contributed by atoms with Crippen LogP contribution in [0, 0.1) is 12.8 Å². The number of aromatic nitrogens is 1. The topological polar surface area (TPSA) is 55.1 Å². The molecule has 3 aromatic rings. The second-order valence-electron chi connectivity index (χ2n) is 6.43. The van der Waals surface area contributed by atoms with Gasteiger partial charge in [-0.3, -0.25) is 4.79 Å². The normalized spacial score (nSPS) is 15.8. The van der Waals surface area contributed by atoms with Crippen molar-refractivity contribution in [2.75, 3.05) is 5.32 Å². The highest BCUT2D eigenvalue weighted by Crippen LogP contribution is 2.32. The number of carbonyl (C=O) groups is 1. The minimum Gasteiger partial charge on any atom is -0.443 e. The molecule has 5 heteroatoms. The summed E-state index contributed by atoms with van der Waals surface area (Å²) in [6.07, 6.45) is 4.54. The number of nitrogens with zero attached hydrogens (tertiary/aromatic N) is 1. The van der Waals surface area contributed by atoms with Gasteiger partial charge in [0.25, 0.3) is 0 Å². The standard InChI is InChI=1S/C20H17ClN2O2/c1-12-2-3-13-7-15(8-14(13)6-12)20(24)23-16-4-5-17(18(21)9-16)19-10-22-11-25-19/h2-6,9-11,15H,7-8H2,1H3,(H,23,24). The largest absolute Gasteiger partial charge is 0.443 e. The average molecular weight is 353 g/mol. The molecule has 1 aliphatic carbocycles. The summed E-state index contributed by atoms with van der Waals surface area (Å²) in [4.78, 5) is 16.5. The van der Waals surface area contributed by atoms with Crippen molar-refractivity contribution in [3.63, 3.8) is 0 Å². The summed E-state index contributed by atoms with van der Waals surface area (Å²) in [7, 11) is 0. The lowest BCUT2D eigenvalue weighted by molar-refractivity contribution is -0.119. The van der Waals surface area contributed by atoms with Crippen molar-refractivity contribution in [2.45, 2.75) is 19.8 Å². The monoisotopic (exact) mass is 352 g/mol. The Kier molecular flexibility index (Phi) is 4.06. The van der Waals surface area contributed by atoms with E-state index in [4.69, 9.17) is 16.0 Å². The molecule has 2 aromatic carbocycles. The number of oxazole rings is 1. The van der Waals surface area contributed by atoms with Gasteiger partial charge in [0.15, 0.2) is 12.2 Å². The molecule has 25 heavy (non-hydrogen) atoms. The van der Waals surface area contributed by atoms with E-state index in [-0.39, 0.29) is 11.8 Å². The van der Waals surface area contributed by atoms with Crippen LogP contribution in [0.15, 0.2) is 53.4 Å². The molecule has 4 nitrogen and oxygen atoms in total. The molecule has 126 valence electrons. The molecule has 0 radical (unpaired) electrons. The van der Waals surface area contributed by atoms with Crippen LogP contribution in [0.5, 0.6) is 0 Å². The smallest absolute Gasteiger partial charge is 0.228 e. The van der Waals surface area contributed by atoms with Gasteiger partial charge in [-0.25, -0.2) is 4.98 Å². The number of benzene rings is 2. The minimum absolute atomic E-state index is 0.0253. The quantitative estimate of drug-likeness (QED) is 0.746. The first kappa shape index (κ1) is 15.9. The zero-order valence-electron chi connectivity index (χ0n) is 13.8. The zero-order valence-corrected chi connectivity index (χ0v) is 14.5. The maximum Gasteiger partial charge on any atom is 0.228 e. The summed E-state index contributed by atoms with van der Waals surface area (Å²) in [6.45, 7) is 2.08. The number of fused-ring (bicyclic) bond motifs is 1. The van der Waals surface area contributed by atoms with E-state index in [2.05, 4.69) is 35.4 Å². The second kappa shape index (κ2) is 6.37. The number of anilines is 1. The summed E-state index contributed by atoms with van der Waals surface area (Å²) in [5.41, 5.74) is 5.21. The molecule has 0 saturated heterocycles. The minimum atomic E-state index is -0.0375. The number of aryl methyl sites for hydroxylation is 1. The average Bonchev–Trinajstić information content (AvgIpc) is 3.23. The molecule has 0 spiro atoms. The van der Waals surface area contributed by atoms with Crippen LogP contribution in [0.25, 0.3) is 11.3 Å². The Hall–Kier alpha value is -2.59. The van der Waals surface area contributed by atoms with Crippen molar-refractivity contribution in [2.24, 2.45) is 5.92 Å². The molecule has 0 aliphatic heterocycles. The van der Waals surface area contributed by atoms with Gasteiger partial charge in [0.2, 0.25) is 5.91 Å². The lowest BCUT2D eigenvalue weighted by Gasteiger charge is -2.11. The Morgan fingerprint density at radius 1 is 1.20 bits per heavy atom. The number of rotatable bonds is 3. The predicted molar refractivity (Wildman–Crippen MR) is 97.7 cm³/mol. The van der Waals surface area contributed by atoms with Crippen LogP contribution in [0.3, 0.4) is 0 Å². The van der Waals surface area contributed by atoms with Gasteiger partial charge in [0, 0.05) is 17.2 Å². The molecular weight excluding hydrogens is 336 g/mol. The Bertz CT molecular complexity index is 935. The summed E-state index contributed by atoms with van der Waals surface area (Å²) >= 11 is 6.32. The van der Waals surface area contributed by atoms with E-state index in [0.717, 1.165) is 18.4 Å². The van der Waals surface area contributed by atoms with Crippen molar-refractivity contribution in [1.29, 1.82) is 0 Å². The number of halogens is 1. The van der Waals surface area contributed by atoms with Gasteiger partial charge in [-0.2, -0.15) is 0 Å². The maximum absolute atomic E-state index is 12.6. The summed E-state index contributed by atoms with van der Waals surface area (Å²) in [5, 5.41) is 3.49. The van der Waals surface area contributed by atoms with Crippen LogP contribution in [-0.4, -0.2) is 10.9 Å². The number of hydrogen-bond donors (Lipinski definition) is 1. The van der Waals surface area contributed by atoms with Gasteiger partial charge in [-0.05, 0) is 49.1 Å². The highest BCUT2D eigenvalue weighted by Gasteiger charge is 2.27. The van der Waals surface area contributed by atoms with Crippen molar-refractivity contribution < 1.29 is 9.21 Å². The molecule has 1 amide bonds. The van der Waals surface area contributed by atoms with E-state index in [1.165, 1.54) is 23.1 Å². The van der Waals surface area contributed by atoms with E-state index in [0.29, 0.717) is 16.5 Å². The van der Waals surface area contributed by atoms with Gasteiger partial charge < -0.3 is 9.73 Å². The Labute approximate surface area is 150 Å². The van der Waals surface area contributed by atoms with Crippen LogP contribution in [-0.2, 0) is 17.6 Å². The first-order valence-corrected chi connectivity index (χ1v) is 8.55. The van der Waals surface area contributed by atoms with E-state index in [1.807, 2.05) is 12.1 Å². The van der Waals surface area contributed by atoms with Gasteiger partial charge in [-0.1, -0.05) is 35.4 Å². The molecular formula is C20H17ClN2O2. The number of hydrogen-bond acceptors (Lipinski definition) is 3. The van der Waals surface area contributed by atoms with Crippen molar-refractivity contribution in [3.05, 3.63) is 70.7 Å². The Balaban J connectivity index is 1.48. The second-order valence-corrected chi connectivity index (χ2v) is 6.83. The number of amides is 1. The molecule has 1 aromatic heterocycles.